The van der Waals surface area contributed by atoms with E-state index in [-0.39, 0.29) is 5.56 Å². The minimum Gasteiger partial charge on any atom is -0.492 e. The number of piperidine rings is 1. The molecule has 1 aliphatic rings. The van der Waals surface area contributed by atoms with Gasteiger partial charge in [-0.25, -0.2) is 4.79 Å². The van der Waals surface area contributed by atoms with Crippen LogP contribution in [-0.4, -0.2) is 48.0 Å². The second kappa shape index (κ2) is 6.33. The second-order valence-electron chi connectivity index (χ2n) is 4.56. The van der Waals surface area contributed by atoms with Crippen LogP contribution in [0.5, 0.6) is 5.75 Å². The lowest BCUT2D eigenvalue weighted by Gasteiger charge is -2.25. The first-order valence-electron chi connectivity index (χ1n) is 6.35. The summed E-state index contributed by atoms with van der Waals surface area (Å²) in [6, 6.07) is 6.36. The molecule has 0 bridgehead atoms. The molecular weight excluding hydrogens is 246 g/mol. The molecule has 0 spiro atoms. The first-order chi connectivity index (χ1) is 9.15. The Balaban J connectivity index is 1.73. The molecule has 0 atom stereocenters. The number of ether oxygens (including phenoxy) is 1. The van der Waals surface area contributed by atoms with Gasteiger partial charge < -0.3 is 9.84 Å². The van der Waals surface area contributed by atoms with Crippen LogP contribution in [-0.2, 0) is 4.79 Å². The number of benzene rings is 1. The molecule has 0 radical (unpaired) electrons. The molecule has 5 nitrogen and oxygen atoms in total. The summed E-state index contributed by atoms with van der Waals surface area (Å²) in [7, 11) is 0. The Morgan fingerprint density at radius 3 is 2.42 bits per heavy atom. The highest BCUT2D eigenvalue weighted by Crippen LogP contribution is 2.12. The average molecular weight is 263 g/mol. The van der Waals surface area contributed by atoms with Crippen LogP contribution in [0.2, 0.25) is 0 Å². The van der Waals surface area contributed by atoms with E-state index in [0.29, 0.717) is 31.0 Å². The summed E-state index contributed by atoms with van der Waals surface area (Å²) in [6.45, 7) is 2.94. The van der Waals surface area contributed by atoms with Crippen LogP contribution in [0.4, 0.5) is 0 Å². The van der Waals surface area contributed by atoms with E-state index in [0.717, 1.165) is 19.6 Å². The fourth-order valence-corrected chi connectivity index (χ4v) is 2.01. The number of likely N-dealkylation sites (tertiary alicyclic amines) is 1. The molecule has 0 amide bonds. The van der Waals surface area contributed by atoms with E-state index in [1.807, 2.05) is 0 Å². The lowest BCUT2D eigenvalue weighted by Crippen LogP contribution is -2.36. The summed E-state index contributed by atoms with van der Waals surface area (Å²) < 4.78 is 5.55. The maximum Gasteiger partial charge on any atom is 0.335 e. The highest BCUT2D eigenvalue weighted by molar-refractivity contribution is 5.87. The van der Waals surface area contributed by atoms with Gasteiger partial charge in [-0.1, -0.05) is 0 Å². The molecule has 102 valence electrons. The van der Waals surface area contributed by atoms with Crippen molar-refractivity contribution >= 4 is 11.8 Å². The Hall–Kier alpha value is -1.88. The van der Waals surface area contributed by atoms with Gasteiger partial charge in [0.05, 0.1) is 5.56 Å². The van der Waals surface area contributed by atoms with Crippen LogP contribution in [0.15, 0.2) is 24.3 Å². The number of ketones is 1. The van der Waals surface area contributed by atoms with Crippen molar-refractivity contribution in [3.8, 4) is 5.75 Å². The largest absolute Gasteiger partial charge is 0.492 e. The summed E-state index contributed by atoms with van der Waals surface area (Å²) in [4.78, 5) is 24.0. The smallest absolute Gasteiger partial charge is 0.335 e. The normalized spacial score (nSPS) is 16.3. The standard InChI is InChI=1S/C14H17NO4/c16-12-5-7-15(8-6-12)9-10-19-13-3-1-11(2-4-13)14(17)18/h1-4H,5-10H2,(H,17,18). The molecule has 0 unspecified atom stereocenters. The van der Waals surface area contributed by atoms with Crippen LogP contribution < -0.4 is 4.74 Å². The maximum atomic E-state index is 11.1. The Morgan fingerprint density at radius 2 is 1.84 bits per heavy atom. The zero-order valence-electron chi connectivity index (χ0n) is 10.7. The lowest BCUT2D eigenvalue weighted by molar-refractivity contribution is -0.121. The van der Waals surface area contributed by atoms with E-state index in [2.05, 4.69) is 4.90 Å². The van der Waals surface area contributed by atoms with Crippen molar-refractivity contribution in [2.75, 3.05) is 26.2 Å². The number of aromatic carboxylic acids is 1. The Kier molecular flexibility index (Phi) is 4.52. The molecule has 5 heteroatoms. The molecule has 1 fully saturated rings. The van der Waals surface area contributed by atoms with E-state index in [1.165, 1.54) is 12.1 Å². The quantitative estimate of drug-likeness (QED) is 0.870. The van der Waals surface area contributed by atoms with Crippen LogP contribution in [0, 0.1) is 0 Å². The van der Waals surface area contributed by atoms with E-state index >= 15 is 0 Å². The fourth-order valence-electron chi connectivity index (χ4n) is 2.01. The Labute approximate surface area is 111 Å². The Bertz CT molecular complexity index is 445. The predicted molar refractivity (Wildman–Crippen MR) is 69.6 cm³/mol. The van der Waals surface area contributed by atoms with Gasteiger partial charge in [-0.05, 0) is 24.3 Å². The maximum absolute atomic E-state index is 11.1. The predicted octanol–water partition coefficient (Wildman–Crippen LogP) is 1.43. The third-order valence-corrected chi connectivity index (χ3v) is 3.19. The molecule has 1 N–H and O–H groups in total. The number of carboxylic acids is 1. The molecule has 1 aromatic carbocycles. The summed E-state index contributed by atoms with van der Waals surface area (Å²) in [5, 5.41) is 8.77. The lowest BCUT2D eigenvalue weighted by atomic mass is 10.1. The fraction of sp³-hybridized carbons (Fsp3) is 0.429. The highest BCUT2D eigenvalue weighted by Gasteiger charge is 2.15. The minimum absolute atomic E-state index is 0.252. The van der Waals surface area contributed by atoms with Gasteiger partial charge in [0.2, 0.25) is 0 Å². The van der Waals surface area contributed by atoms with Crippen molar-refractivity contribution in [1.82, 2.24) is 4.90 Å². The third kappa shape index (κ3) is 4.06. The topological polar surface area (TPSA) is 66.8 Å². The summed E-state index contributed by atoms with van der Waals surface area (Å²) in [5.74, 6) is 0.0593. The van der Waals surface area contributed by atoms with Gasteiger partial charge in [-0.15, -0.1) is 0 Å². The van der Waals surface area contributed by atoms with Gasteiger partial charge in [0, 0.05) is 32.5 Å². The third-order valence-electron chi connectivity index (χ3n) is 3.19. The van der Waals surface area contributed by atoms with Crippen molar-refractivity contribution in [3.63, 3.8) is 0 Å². The van der Waals surface area contributed by atoms with Crippen LogP contribution >= 0.6 is 0 Å². The minimum atomic E-state index is -0.940. The number of carbonyl (C=O) groups is 2. The number of hydrogen-bond donors (Lipinski definition) is 1. The van der Waals surface area contributed by atoms with Gasteiger partial charge >= 0.3 is 5.97 Å². The number of rotatable bonds is 5. The zero-order valence-corrected chi connectivity index (χ0v) is 10.7. The van der Waals surface area contributed by atoms with Crippen molar-refractivity contribution in [2.24, 2.45) is 0 Å². The molecule has 1 saturated heterocycles. The van der Waals surface area contributed by atoms with Crippen molar-refractivity contribution in [3.05, 3.63) is 29.8 Å². The number of carbonyl (C=O) groups excluding carboxylic acids is 1. The molecule has 0 aromatic heterocycles. The molecule has 0 saturated carbocycles. The molecule has 19 heavy (non-hydrogen) atoms. The van der Waals surface area contributed by atoms with Crippen molar-refractivity contribution in [2.45, 2.75) is 12.8 Å². The first kappa shape index (κ1) is 13.5. The molecule has 2 rings (SSSR count). The molecule has 0 aliphatic carbocycles. The second-order valence-corrected chi connectivity index (χ2v) is 4.56. The summed E-state index contributed by atoms with van der Waals surface area (Å²) >= 11 is 0. The summed E-state index contributed by atoms with van der Waals surface area (Å²) in [6.07, 6.45) is 1.26. The van der Waals surface area contributed by atoms with Gasteiger partial charge in [0.25, 0.3) is 0 Å². The number of carboxylic acid groups (broad SMARTS) is 1. The van der Waals surface area contributed by atoms with Gasteiger partial charge in [-0.2, -0.15) is 0 Å². The van der Waals surface area contributed by atoms with Crippen molar-refractivity contribution < 1.29 is 19.4 Å². The van der Waals surface area contributed by atoms with Gasteiger partial charge in [-0.3, -0.25) is 9.69 Å². The van der Waals surface area contributed by atoms with Gasteiger partial charge in [0.1, 0.15) is 18.1 Å². The number of nitrogens with zero attached hydrogens (tertiary/aromatic N) is 1. The van der Waals surface area contributed by atoms with Gasteiger partial charge in [0.15, 0.2) is 0 Å². The molecule has 1 aromatic rings. The van der Waals surface area contributed by atoms with Crippen LogP contribution in [0.3, 0.4) is 0 Å². The van der Waals surface area contributed by atoms with E-state index < -0.39 is 5.97 Å². The Morgan fingerprint density at radius 1 is 1.21 bits per heavy atom. The van der Waals surface area contributed by atoms with E-state index in [1.54, 1.807) is 12.1 Å². The van der Waals surface area contributed by atoms with Crippen LogP contribution in [0.25, 0.3) is 0 Å². The zero-order chi connectivity index (χ0) is 13.7. The van der Waals surface area contributed by atoms with Crippen molar-refractivity contribution in [1.29, 1.82) is 0 Å². The molecule has 1 aliphatic heterocycles. The van der Waals surface area contributed by atoms with E-state index in [9.17, 15) is 9.59 Å². The first-order valence-corrected chi connectivity index (χ1v) is 6.35. The summed E-state index contributed by atoms with van der Waals surface area (Å²) in [5.41, 5.74) is 0.252. The molecule has 1 heterocycles. The SMILES string of the molecule is O=C1CCN(CCOc2ccc(C(=O)O)cc2)CC1. The van der Waals surface area contributed by atoms with E-state index in [4.69, 9.17) is 9.84 Å². The highest BCUT2D eigenvalue weighted by atomic mass is 16.5. The number of hydrogen-bond acceptors (Lipinski definition) is 4. The monoisotopic (exact) mass is 263 g/mol. The number of Topliss-reactive ketones (excluding diaryl/α,β-unsaturated/α-hetero) is 1. The molecular formula is C14H17NO4. The average Bonchev–Trinajstić information content (AvgIpc) is 2.41. The van der Waals surface area contributed by atoms with Crippen LogP contribution in [0.1, 0.15) is 23.2 Å².